The lowest BCUT2D eigenvalue weighted by Crippen LogP contribution is -2.24. The molecule has 0 unspecified atom stereocenters. The van der Waals surface area contributed by atoms with Crippen LogP contribution in [0.15, 0.2) is 18.6 Å². The van der Waals surface area contributed by atoms with Crippen LogP contribution in [-0.4, -0.2) is 30.4 Å². The number of amides is 1. The summed E-state index contributed by atoms with van der Waals surface area (Å²) in [7, 11) is 0. The number of nitrogens with zero attached hydrogens (tertiary/aromatic N) is 5. The summed E-state index contributed by atoms with van der Waals surface area (Å²) in [6.45, 7) is 5.47. The van der Waals surface area contributed by atoms with E-state index < -0.39 is 4.92 Å². The maximum atomic E-state index is 11.8. The SMILES string of the molecule is CCn1ncc(CNC(=O)CCn2cc([N+](=O)[O-])cn2)c1C. The lowest BCUT2D eigenvalue weighted by atomic mass is 10.2. The Bertz CT molecular complexity index is 675. The minimum absolute atomic E-state index is 0.0805. The van der Waals surface area contributed by atoms with Crippen molar-refractivity contribution in [3.8, 4) is 0 Å². The number of aryl methyl sites for hydroxylation is 2. The van der Waals surface area contributed by atoms with Crippen molar-refractivity contribution in [3.05, 3.63) is 40.0 Å². The normalized spacial score (nSPS) is 10.6. The molecule has 0 bridgehead atoms. The number of nitrogens with one attached hydrogen (secondary N) is 1. The van der Waals surface area contributed by atoms with Crippen LogP contribution in [0.25, 0.3) is 0 Å². The van der Waals surface area contributed by atoms with Gasteiger partial charge in [-0.2, -0.15) is 10.2 Å². The third-order valence-electron chi connectivity index (χ3n) is 3.38. The molecule has 0 radical (unpaired) electrons. The lowest BCUT2D eigenvalue weighted by Gasteiger charge is -2.05. The van der Waals surface area contributed by atoms with Gasteiger partial charge in [0.05, 0.1) is 11.1 Å². The van der Waals surface area contributed by atoms with E-state index in [1.165, 1.54) is 17.1 Å². The van der Waals surface area contributed by atoms with E-state index in [1.807, 2.05) is 18.5 Å². The Hall–Kier alpha value is -2.71. The lowest BCUT2D eigenvalue weighted by molar-refractivity contribution is -0.385. The van der Waals surface area contributed by atoms with E-state index >= 15 is 0 Å². The van der Waals surface area contributed by atoms with Crippen molar-refractivity contribution >= 4 is 11.6 Å². The van der Waals surface area contributed by atoms with Gasteiger partial charge in [0.2, 0.25) is 5.91 Å². The molecule has 2 aromatic heterocycles. The molecule has 0 aliphatic carbocycles. The van der Waals surface area contributed by atoms with E-state index in [4.69, 9.17) is 0 Å². The van der Waals surface area contributed by atoms with Gasteiger partial charge < -0.3 is 5.32 Å². The number of carbonyl (C=O) groups excluding carboxylic acids is 1. The first kappa shape index (κ1) is 15.7. The van der Waals surface area contributed by atoms with Gasteiger partial charge in [-0.3, -0.25) is 24.3 Å². The first-order valence-electron chi connectivity index (χ1n) is 6.96. The van der Waals surface area contributed by atoms with Crippen LogP contribution in [0.1, 0.15) is 24.6 Å². The van der Waals surface area contributed by atoms with Gasteiger partial charge >= 0.3 is 5.69 Å². The molecule has 118 valence electrons. The number of carbonyl (C=O) groups is 1. The predicted octanol–water partition coefficient (Wildman–Crippen LogP) is 1.02. The Balaban J connectivity index is 1.80. The minimum atomic E-state index is -0.516. The highest BCUT2D eigenvalue weighted by molar-refractivity contribution is 5.75. The van der Waals surface area contributed by atoms with Crippen LogP contribution >= 0.6 is 0 Å². The summed E-state index contributed by atoms with van der Waals surface area (Å²) in [5.41, 5.74) is 1.93. The van der Waals surface area contributed by atoms with Crippen molar-refractivity contribution in [3.63, 3.8) is 0 Å². The second-order valence-electron chi connectivity index (χ2n) is 4.82. The Morgan fingerprint density at radius 2 is 2.18 bits per heavy atom. The topological polar surface area (TPSA) is 108 Å². The molecule has 0 saturated carbocycles. The zero-order valence-electron chi connectivity index (χ0n) is 12.5. The van der Waals surface area contributed by atoms with Crippen molar-refractivity contribution in [2.45, 2.75) is 39.9 Å². The number of hydrogen-bond donors (Lipinski definition) is 1. The average Bonchev–Trinajstić information content (AvgIpc) is 3.10. The molecule has 0 aliphatic rings. The molecule has 9 heteroatoms. The van der Waals surface area contributed by atoms with Crippen LogP contribution in [0.5, 0.6) is 0 Å². The summed E-state index contributed by atoms with van der Waals surface area (Å²) >= 11 is 0. The van der Waals surface area contributed by atoms with Crippen LogP contribution in [-0.2, 0) is 24.4 Å². The van der Waals surface area contributed by atoms with Crippen molar-refractivity contribution in [1.29, 1.82) is 0 Å². The van der Waals surface area contributed by atoms with Crippen LogP contribution in [0.3, 0.4) is 0 Å². The smallest absolute Gasteiger partial charge is 0.306 e. The molecular weight excluding hydrogens is 288 g/mol. The molecular formula is C13H18N6O3. The molecule has 2 rings (SSSR count). The Morgan fingerprint density at radius 3 is 2.77 bits per heavy atom. The molecule has 0 aliphatic heterocycles. The van der Waals surface area contributed by atoms with E-state index in [2.05, 4.69) is 15.5 Å². The summed E-state index contributed by atoms with van der Waals surface area (Å²) < 4.78 is 3.25. The highest BCUT2D eigenvalue weighted by Crippen LogP contribution is 2.08. The third-order valence-corrected chi connectivity index (χ3v) is 3.38. The highest BCUT2D eigenvalue weighted by atomic mass is 16.6. The molecule has 1 amide bonds. The molecule has 22 heavy (non-hydrogen) atoms. The molecule has 1 N–H and O–H groups in total. The molecule has 0 spiro atoms. The molecule has 0 fully saturated rings. The van der Waals surface area contributed by atoms with Crippen LogP contribution in [0.4, 0.5) is 5.69 Å². The zero-order valence-corrected chi connectivity index (χ0v) is 12.5. The van der Waals surface area contributed by atoms with Gasteiger partial charge in [0.25, 0.3) is 0 Å². The molecule has 0 saturated heterocycles. The van der Waals surface area contributed by atoms with E-state index in [-0.39, 0.29) is 18.0 Å². The highest BCUT2D eigenvalue weighted by Gasteiger charge is 2.10. The van der Waals surface area contributed by atoms with E-state index in [1.54, 1.807) is 6.20 Å². The van der Waals surface area contributed by atoms with Gasteiger partial charge in [-0.1, -0.05) is 0 Å². The summed E-state index contributed by atoms with van der Waals surface area (Å²) in [4.78, 5) is 21.8. The number of nitro groups is 1. The fourth-order valence-electron chi connectivity index (χ4n) is 2.05. The Morgan fingerprint density at radius 1 is 1.41 bits per heavy atom. The van der Waals surface area contributed by atoms with E-state index in [0.29, 0.717) is 13.1 Å². The van der Waals surface area contributed by atoms with Gasteiger partial charge in [0.15, 0.2) is 0 Å². The second kappa shape index (κ2) is 6.83. The van der Waals surface area contributed by atoms with Crippen molar-refractivity contribution in [2.75, 3.05) is 0 Å². The molecule has 2 aromatic rings. The first-order chi connectivity index (χ1) is 10.5. The number of rotatable bonds is 7. The van der Waals surface area contributed by atoms with Crippen molar-refractivity contribution in [1.82, 2.24) is 24.9 Å². The molecule has 9 nitrogen and oxygen atoms in total. The van der Waals surface area contributed by atoms with E-state index in [9.17, 15) is 14.9 Å². The largest absolute Gasteiger partial charge is 0.352 e. The predicted molar refractivity (Wildman–Crippen MR) is 78.0 cm³/mol. The van der Waals surface area contributed by atoms with Crippen LogP contribution < -0.4 is 5.32 Å². The van der Waals surface area contributed by atoms with Gasteiger partial charge in [0, 0.05) is 37.3 Å². The standard InChI is InChI=1S/C13H18N6O3/c1-3-18-10(2)11(7-16-18)6-14-13(20)4-5-17-9-12(8-15-17)19(21)22/h7-9H,3-6H2,1-2H3,(H,14,20). The molecule has 2 heterocycles. The summed E-state index contributed by atoms with van der Waals surface area (Å²) in [5, 5.41) is 21.4. The fraction of sp³-hybridized carbons (Fsp3) is 0.462. The second-order valence-corrected chi connectivity index (χ2v) is 4.82. The maximum Gasteiger partial charge on any atom is 0.306 e. The summed E-state index contributed by atoms with van der Waals surface area (Å²) in [6.07, 6.45) is 4.43. The summed E-state index contributed by atoms with van der Waals surface area (Å²) in [5.74, 6) is -0.137. The van der Waals surface area contributed by atoms with E-state index in [0.717, 1.165) is 17.8 Å². The van der Waals surface area contributed by atoms with Gasteiger partial charge in [0.1, 0.15) is 12.4 Å². The Kier molecular flexibility index (Phi) is 4.87. The quantitative estimate of drug-likeness (QED) is 0.607. The van der Waals surface area contributed by atoms with Crippen LogP contribution in [0.2, 0.25) is 0 Å². The summed E-state index contributed by atoms with van der Waals surface area (Å²) in [6, 6.07) is 0. The van der Waals surface area contributed by atoms with Crippen LogP contribution in [0, 0.1) is 17.0 Å². The maximum absolute atomic E-state index is 11.8. The third kappa shape index (κ3) is 3.68. The fourth-order valence-corrected chi connectivity index (χ4v) is 2.05. The van der Waals surface area contributed by atoms with Crippen molar-refractivity contribution < 1.29 is 9.72 Å². The number of aromatic nitrogens is 4. The monoisotopic (exact) mass is 306 g/mol. The zero-order chi connectivity index (χ0) is 16.1. The minimum Gasteiger partial charge on any atom is -0.352 e. The average molecular weight is 306 g/mol. The van der Waals surface area contributed by atoms with Crippen molar-refractivity contribution in [2.24, 2.45) is 0 Å². The molecule has 0 aromatic carbocycles. The first-order valence-corrected chi connectivity index (χ1v) is 6.96. The van der Waals surface area contributed by atoms with Gasteiger partial charge in [-0.25, -0.2) is 0 Å². The van der Waals surface area contributed by atoms with Gasteiger partial charge in [-0.05, 0) is 13.8 Å². The Labute approximate surface area is 127 Å². The number of hydrogen-bond acceptors (Lipinski definition) is 5. The van der Waals surface area contributed by atoms with Gasteiger partial charge in [-0.15, -0.1) is 0 Å². The molecule has 0 atom stereocenters.